The summed E-state index contributed by atoms with van der Waals surface area (Å²) in [7, 11) is 2.06. The van der Waals surface area contributed by atoms with Gasteiger partial charge in [0.15, 0.2) is 0 Å². The molecule has 30 heavy (non-hydrogen) atoms. The lowest BCUT2D eigenvalue weighted by Crippen LogP contribution is -2.54. The van der Waals surface area contributed by atoms with Crippen LogP contribution < -0.4 is 5.73 Å². The zero-order valence-corrected chi connectivity index (χ0v) is 17.2. The van der Waals surface area contributed by atoms with Crippen molar-refractivity contribution >= 4 is 16.8 Å². The van der Waals surface area contributed by atoms with E-state index in [1.807, 2.05) is 0 Å². The van der Waals surface area contributed by atoms with E-state index in [4.69, 9.17) is 5.73 Å². The van der Waals surface area contributed by atoms with Crippen molar-refractivity contribution in [3.05, 3.63) is 60.3 Å². The van der Waals surface area contributed by atoms with E-state index in [1.54, 1.807) is 0 Å². The number of hydrogen-bond acceptors (Lipinski definition) is 3. The molecule has 1 saturated heterocycles. The van der Waals surface area contributed by atoms with Crippen LogP contribution in [0.25, 0.3) is 22.0 Å². The average Bonchev–Trinajstić information content (AvgIpc) is 3.44. The Morgan fingerprint density at radius 1 is 1.20 bits per heavy atom. The number of fused-ring (bicyclic) bond motifs is 3. The van der Waals surface area contributed by atoms with Gasteiger partial charge < -0.3 is 10.3 Å². The molecular weight excluding hydrogens is 372 g/mol. The number of benzene rings is 2. The maximum atomic E-state index is 12.0. The number of nitriles is 1. The summed E-state index contributed by atoms with van der Waals surface area (Å²) in [5, 5.41) is 11.0. The van der Waals surface area contributed by atoms with Crippen molar-refractivity contribution in [1.82, 2.24) is 9.47 Å². The Bertz CT molecular complexity index is 1160. The topological polar surface area (TPSA) is 75.0 Å². The zero-order valence-electron chi connectivity index (χ0n) is 17.2. The normalized spacial score (nSPS) is 25.6. The molecule has 1 amide bonds. The summed E-state index contributed by atoms with van der Waals surface area (Å²) in [6, 6.07) is 19.5. The molecule has 0 radical (unpaired) electrons. The molecule has 2 heterocycles. The summed E-state index contributed by atoms with van der Waals surface area (Å²) >= 11 is 0. The zero-order chi connectivity index (χ0) is 20.9. The summed E-state index contributed by atoms with van der Waals surface area (Å²) in [5.74, 6) is -0.0547. The van der Waals surface area contributed by atoms with Gasteiger partial charge >= 0.3 is 0 Å². The second kappa shape index (κ2) is 7.00. The van der Waals surface area contributed by atoms with E-state index in [-0.39, 0.29) is 17.9 Å². The molecule has 2 bridgehead atoms. The molecule has 5 heteroatoms. The molecule has 2 unspecified atom stereocenters. The van der Waals surface area contributed by atoms with Crippen LogP contribution >= 0.6 is 0 Å². The highest BCUT2D eigenvalue weighted by molar-refractivity contribution is 5.85. The number of hydrogen-bond donors (Lipinski definition) is 1. The highest BCUT2D eigenvalue weighted by atomic mass is 16.1. The van der Waals surface area contributed by atoms with E-state index in [1.165, 1.54) is 27.6 Å². The fourth-order valence-corrected chi connectivity index (χ4v) is 5.59. The summed E-state index contributed by atoms with van der Waals surface area (Å²) in [4.78, 5) is 14.1. The van der Waals surface area contributed by atoms with Crippen LogP contribution in [0.2, 0.25) is 0 Å². The van der Waals surface area contributed by atoms with Crippen LogP contribution in [0.5, 0.6) is 0 Å². The van der Waals surface area contributed by atoms with Crippen molar-refractivity contribution in [1.29, 1.82) is 5.26 Å². The van der Waals surface area contributed by atoms with Crippen LogP contribution in [-0.4, -0.2) is 33.5 Å². The van der Waals surface area contributed by atoms with Gasteiger partial charge in [-0.05, 0) is 66.5 Å². The van der Waals surface area contributed by atoms with Crippen LogP contribution in [-0.2, 0) is 18.3 Å². The van der Waals surface area contributed by atoms with E-state index < -0.39 is 5.54 Å². The van der Waals surface area contributed by atoms with E-state index >= 15 is 0 Å². The van der Waals surface area contributed by atoms with Gasteiger partial charge in [0.1, 0.15) is 5.54 Å². The van der Waals surface area contributed by atoms with Gasteiger partial charge in [-0.2, -0.15) is 5.26 Å². The molecule has 2 N–H and O–H groups in total. The highest BCUT2D eigenvalue weighted by Crippen LogP contribution is 2.49. The SMILES string of the molecule is Cn1ccc2cc(-c3ccc(CCN4C(C(N)=O)C5CC[C@@]4(C#N)C5)cc3)ccc21. The molecule has 3 atom stereocenters. The second-order valence-corrected chi connectivity index (χ2v) is 8.83. The van der Waals surface area contributed by atoms with E-state index in [9.17, 15) is 10.1 Å². The molecule has 5 rings (SSSR count). The van der Waals surface area contributed by atoms with Crippen LogP contribution in [0.4, 0.5) is 0 Å². The Morgan fingerprint density at radius 3 is 2.70 bits per heavy atom. The first kappa shape index (κ1) is 18.9. The first-order valence-electron chi connectivity index (χ1n) is 10.6. The van der Waals surface area contributed by atoms with Crippen LogP contribution in [0.15, 0.2) is 54.7 Å². The van der Waals surface area contributed by atoms with Gasteiger partial charge in [0.25, 0.3) is 0 Å². The van der Waals surface area contributed by atoms with Gasteiger partial charge in [0, 0.05) is 30.7 Å². The van der Waals surface area contributed by atoms with Crippen LogP contribution in [0, 0.1) is 17.2 Å². The lowest BCUT2D eigenvalue weighted by molar-refractivity contribution is -0.125. The van der Waals surface area contributed by atoms with E-state index in [0.29, 0.717) is 6.54 Å². The first-order chi connectivity index (χ1) is 14.5. The predicted molar refractivity (Wildman–Crippen MR) is 117 cm³/mol. The molecule has 2 aliphatic rings. The summed E-state index contributed by atoms with van der Waals surface area (Å²) < 4.78 is 2.13. The standard InChI is InChI=1S/C25H26N4O/c1-28-12-10-20-14-19(6-7-22(20)28)18-4-2-17(3-5-18)9-13-29-23(24(27)30)21-8-11-25(29,15-21)16-26/h2-7,10,12,14,21,23H,8-9,11,13,15H2,1H3,(H2,27,30)/t21?,23?,25-/m0/s1. The fraction of sp³-hybridized carbons (Fsp3) is 0.360. The number of aromatic nitrogens is 1. The molecule has 2 aromatic carbocycles. The third-order valence-electron chi connectivity index (χ3n) is 7.17. The molecule has 5 nitrogen and oxygen atoms in total. The molecule has 152 valence electrons. The van der Waals surface area contributed by atoms with Gasteiger partial charge in [0.05, 0.1) is 12.1 Å². The summed E-state index contributed by atoms with van der Waals surface area (Å²) in [6.07, 6.45) is 5.43. The van der Waals surface area contributed by atoms with Crippen molar-refractivity contribution in [2.75, 3.05) is 6.54 Å². The average molecular weight is 399 g/mol. The number of piperidine rings is 1. The summed E-state index contributed by atoms with van der Waals surface area (Å²) in [5.41, 5.74) is 10.0. The number of likely N-dealkylation sites (tertiary alicyclic amines) is 1. The molecule has 0 spiro atoms. The van der Waals surface area contributed by atoms with Crippen LogP contribution in [0.1, 0.15) is 24.8 Å². The molecule has 2 fully saturated rings. The van der Waals surface area contributed by atoms with Crippen molar-refractivity contribution in [2.45, 2.75) is 37.3 Å². The second-order valence-electron chi connectivity index (χ2n) is 8.83. The lowest BCUT2D eigenvalue weighted by atomic mass is 9.94. The Kier molecular flexibility index (Phi) is 4.41. The predicted octanol–water partition coefficient (Wildman–Crippen LogP) is 3.62. The number of nitrogens with two attached hydrogens (primary N) is 1. The Balaban J connectivity index is 1.32. The number of nitrogens with zero attached hydrogens (tertiary/aromatic N) is 3. The first-order valence-corrected chi connectivity index (χ1v) is 10.6. The maximum Gasteiger partial charge on any atom is 0.235 e. The smallest absolute Gasteiger partial charge is 0.235 e. The van der Waals surface area contributed by atoms with Gasteiger partial charge in [-0.1, -0.05) is 30.3 Å². The minimum absolute atomic E-state index is 0.234. The third kappa shape index (κ3) is 2.91. The lowest BCUT2D eigenvalue weighted by Gasteiger charge is -2.37. The molecule has 1 aliphatic carbocycles. The molecule has 1 saturated carbocycles. The Hall–Kier alpha value is -3.10. The number of carbonyl (C=O) groups is 1. The minimum atomic E-state index is -0.505. The van der Waals surface area contributed by atoms with Gasteiger partial charge in [-0.3, -0.25) is 9.69 Å². The Morgan fingerprint density at radius 2 is 1.97 bits per heavy atom. The Labute approximate surface area is 176 Å². The van der Waals surface area contributed by atoms with Gasteiger partial charge in [-0.25, -0.2) is 0 Å². The molecule has 3 aromatic rings. The van der Waals surface area contributed by atoms with E-state index in [0.717, 1.165) is 25.7 Å². The van der Waals surface area contributed by atoms with Crippen LogP contribution in [0.3, 0.4) is 0 Å². The molecule has 1 aliphatic heterocycles. The maximum absolute atomic E-state index is 12.0. The number of carbonyl (C=O) groups excluding carboxylic acids is 1. The number of aryl methyl sites for hydroxylation is 1. The molecular formula is C25H26N4O. The fourth-order valence-electron chi connectivity index (χ4n) is 5.59. The third-order valence-corrected chi connectivity index (χ3v) is 7.17. The van der Waals surface area contributed by atoms with Crippen molar-refractivity contribution in [3.63, 3.8) is 0 Å². The number of rotatable bonds is 5. The monoisotopic (exact) mass is 398 g/mol. The van der Waals surface area contributed by atoms with Crippen molar-refractivity contribution < 1.29 is 4.79 Å². The quantitative estimate of drug-likeness (QED) is 0.713. The van der Waals surface area contributed by atoms with Crippen molar-refractivity contribution in [2.24, 2.45) is 18.7 Å². The van der Waals surface area contributed by atoms with Gasteiger partial charge in [0.2, 0.25) is 5.91 Å². The minimum Gasteiger partial charge on any atom is -0.368 e. The number of amides is 1. The van der Waals surface area contributed by atoms with Gasteiger partial charge in [-0.15, -0.1) is 0 Å². The van der Waals surface area contributed by atoms with E-state index in [2.05, 4.69) is 77.3 Å². The van der Waals surface area contributed by atoms with Crippen molar-refractivity contribution in [3.8, 4) is 17.2 Å². The summed E-state index contributed by atoms with van der Waals surface area (Å²) in [6.45, 7) is 0.687. The largest absolute Gasteiger partial charge is 0.368 e. The highest BCUT2D eigenvalue weighted by Gasteiger charge is 2.58. The number of primary amides is 1. The molecule has 1 aromatic heterocycles.